The molecule has 1 heterocycles. The third-order valence-electron chi connectivity index (χ3n) is 4.59. The predicted molar refractivity (Wildman–Crippen MR) is 89.6 cm³/mol. The van der Waals surface area contributed by atoms with E-state index in [9.17, 15) is 0 Å². The Balaban J connectivity index is 1.79. The molecule has 0 bridgehead atoms. The molecule has 2 nitrogen and oxygen atoms in total. The first-order chi connectivity index (χ1) is 10.1. The van der Waals surface area contributed by atoms with Gasteiger partial charge < -0.3 is 5.32 Å². The van der Waals surface area contributed by atoms with Gasteiger partial charge in [0.2, 0.25) is 0 Å². The standard InChI is InChI=1S/C18H24N2S/c1-4-14-11-19-16(21-14)12-20-17-15-8-6-5-7-13(15)9-10-18(17,2)3/h5-8,11,17,20H,4,9-10,12H2,1-3H3. The van der Waals surface area contributed by atoms with Crippen molar-refractivity contribution in [2.75, 3.05) is 0 Å². The van der Waals surface area contributed by atoms with E-state index in [4.69, 9.17) is 0 Å². The summed E-state index contributed by atoms with van der Waals surface area (Å²) in [5, 5.41) is 4.97. The van der Waals surface area contributed by atoms with Gasteiger partial charge in [-0.15, -0.1) is 11.3 Å². The van der Waals surface area contributed by atoms with Crippen molar-refractivity contribution in [3.8, 4) is 0 Å². The lowest BCUT2D eigenvalue weighted by Gasteiger charge is -2.40. The van der Waals surface area contributed by atoms with Gasteiger partial charge in [-0.3, -0.25) is 0 Å². The van der Waals surface area contributed by atoms with Crippen LogP contribution in [0.4, 0.5) is 0 Å². The normalized spacial score (nSPS) is 20.2. The minimum atomic E-state index is 0.291. The minimum absolute atomic E-state index is 0.291. The zero-order valence-corrected chi connectivity index (χ0v) is 14.0. The molecular weight excluding hydrogens is 276 g/mol. The van der Waals surface area contributed by atoms with Crippen LogP contribution in [0.3, 0.4) is 0 Å². The first-order valence-corrected chi connectivity index (χ1v) is 8.66. The molecule has 3 heteroatoms. The van der Waals surface area contributed by atoms with Crippen LogP contribution < -0.4 is 5.32 Å². The molecule has 0 amide bonds. The smallest absolute Gasteiger partial charge is 0.107 e. The SMILES string of the molecule is CCc1cnc(CNC2c3ccccc3CCC2(C)C)s1. The zero-order chi connectivity index (χ0) is 14.9. The Morgan fingerprint density at radius 2 is 2.14 bits per heavy atom. The van der Waals surface area contributed by atoms with Crippen molar-refractivity contribution in [3.63, 3.8) is 0 Å². The van der Waals surface area contributed by atoms with Crippen LogP contribution in [-0.4, -0.2) is 4.98 Å². The number of aryl methyl sites for hydroxylation is 2. The fourth-order valence-corrected chi connectivity index (χ4v) is 4.05. The summed E-state index contributed by atoms with van der Waals surface area (Å²) >= 11 is 1.83. The summed E-state index contributed by atoms with van der Waals surface area (Å²) in [4.78, 5) is 5.90. The lowest BCUT2D eigenvalue weighted by molar-refractivity contribution is 0.208. The van der Waals surface area contributed by atoms with Gasteiger partial charge in [0.15, 0.2) is 0 Å². The molecule has 1 unspecified atom stereocenters. The lowest BCUT2D eigenvalue weighted by atomic mass is 9.70. The van der Waals surface area contributed by atoms with E-state index < -0.39 is 0 Å². The summed E-state index contributed by atoms with van der Waals surface area (Å²) in [6, 6.07) is 9.29. The lowest BCUT2D eigenvalue weighted by Crippen LogP contribution is -2.37. The number of fused-ring (bicyclic) bond motifs is 1. The summed E-state index contributed by atoms with van der Waals surface area (Å²) < 4.78 is 0. The molecule has 2 aromatic rings. The zero-order valence-electron chi connectivity index (χ0n) is 13.1. The van der Waals surface area contributed by atoms with Gasteiger partial charge in [0.25, 0.3) is 0 Å². The Kier molecular flexibility index (Phi) is 4.14. The molecule has 1 N–H and O–H groups in total. The second-order valence-electron chi connectivity index (χ2n) is 6.58. The molecule has 0 aliphatic heterocycles. The molecule has 1 atom stereocenters. The Hall–Kier alpha value is -1.19. The number of thiazole rings is 1. The van der Waals surface area contributed by atoms with Crippen LogP contribution in [0.1, 0.15) is 54.2 Å². The number of aromatic nitrogens is 1. The molecule has 1 aromatic heterocycles. The fraction of sp³-hybridized carbons (Fsp3) is 0.500. The van der Waals surface area contributed by atoms with E-state index in [1.54, 1.807) is 0 Å². The second-order valence-corrected chi connectivity index (χ2v) is 7.77. The van der Waals surface area contributed by atoms with E-state index in [1.165, 1.54) is 33.9 Å². The van der Waals surface area contributed by atoms with Gasteiger partial charge in [0.1, 0.15) is 5.01 Å². The Labute approximate surface area is 131 Å². The maximum atomic E-state index is 4.53. The van der Waals surface area contributed by atoms with Crippen LogP contribution >= 0.6 is 11.3 Å². The summed E-state index contributed by atoms with van der Waals surface area (Å²) in [5.74, 6) is 0. The van der Waals surface area contributed by atoms with Gasteiger partial charge in [0, 0.05) is 23.7 Å². The number of hydrogen-bond acceptors (Lipinski definition) is 3. The van der Waals surface area contributed by atoms with E-state index in [-0.39, 0.29) is 0 Å². The van der Waals surface area contributed by atoms with Crippen LogP contribution in [0.5, 0.6) is 0 Å². The highest BCUT2D eigenvalue weighted by atomic mass is 32.1. The molecule has 21 heavy (non-hydrogen) atoms. The van der Waals surface area contributed by atoms with Crippen LogP contribution in [0.15, 0.2) is 30.5 Å². The molecule has 0 spiro atoms. The van der Waals surface area contributed by atoms with Gasteiger partial charge in [-0.05, 0) is 35.8 Å². The molecule has 0 saturated carbocycles. The van der Waals surface area contributed by atoms with Crippen molar-refractivity contribution in [1.82, 2.24) is 10.3 Å². The molecule has 0 saturated heterocycles. The summed E-state index contributed by atoms with van der Waals surface area (Å²) in [6.45, 7) is 7.80. The number of nitrogens with one attached hydrogen (secondary N) is 1. The topological polar surface area (TPSA) is 24.9 Å². The molecule has 0 radical (unpaired) electrons. The van der Waals surface area contributed by atoms with Crippen LogP contribution in [-0.2, 0) is 19.4 Å². The Morgan fingerprint density at radius 3 is 2.90 bits per heavy atom. The van der Waals surface area contributed by atoms with Crippen molar-refractivity contribution >= 4 is 11.3 Å². The van der Waals surface area contributed by atoms with Gasteiger partial charge >= 0.3 is 0 Å². The number of hydrogen-bond donors (Lipinski definition) is 1. The van der Waals surface area contributed by atoms with Crippen molar-refractivity contribution in [2.45, 2.75) is 52.6 Å². The third kappa shape index (κ3) is 3.04. The van der Waals surface area contributed by atoms with E-state index in [0.29, 0.717) is 11.5 Å². The maximum absolute atomic E-state index is 4.53. The van der Waals surface area contributed by atoms with Crippen molar-refractivity contribution in [1.29, 1.82) is 0 Å². The number of rotatable bonds is 4. The summed E-state index contributed by atoms with van der Waals surface area (Å²) in [6.07, 6.45) is 5.52. The van der Waals surface area contributed by atoms with Crippen LogP contribution in [0.2, 0.25) is 0 Å². The van der Waals surface area contributed by atoms with Gasteiger partial charge in [-0.1, -0.05) is 45.0 Å². The second kappa shape index (κ2) is 5.90. The van der Waals surface area contributed by atoms with Crippen LogP contribution in [0.25, 0.3) is 0 Å². The summed E-state index contributed by atoms with van der Waals surface area (Å²) in [7, 11) is 0. The van der Waals surface area contributed by atoms with Crippen molar-refractivity contribution < 1.29 is 0 Å². The predicted octanol–water partition coefficient (Wildman–Crippen LogP) is 4.51. The van der Waals surface area contributed by atoms with Gasteiger partial charge in [0.05, 0.1) is 0 Å². The molecule has 3 rings (SSSR count). The highest BCUT2D eigenvalue weighted by molar-refractivity contribution is 7.11. The summed E-state index contributed by atoms with van der Waals surface area (Å²) in [5.41, 5.74) is 3.27. The van der Waals surface area contributed by atoms with Gasteiger partial charge in [-0.2, -0.15) is 0 Å². The molecule has 1 aliphatic rings. The van der Waals surface area contributed by atoms with E-state index in [2.05, 4.69) is 55.3 Å². The number of benzene rings is 1. The molecule has 0 fully saturated rings. The quantitative estimate of drug-likeness (QED) is 0.898. The fourth-order valence-electron chi connectivity index (χ4n) is 3.23. The third-order valence-corrected chi connectivity index (χ3v) is 5.74. The Bertz CT molecular complexity index is 615. The average Bonchev–Trinajstić information content (AvgIpc) is 2.94. The maximum Gasteiger partial charge on any atom is 0.107 e. The van der Waals surface area contributed by atoms with Crippen LogP contribution in [0, 0.1) is 5.41 Å². The van der Waals surface area contributed by atoms with E-state index in [1.807, 2.05) is 17.5 Å². The van der Waals surface area contributed by atoms with E-state index >= 15 is 0 Å². The molecular formula is C18H24N2S. The van der Waals surface area contributed by atoms with Crippen molar-refractivity contribution in [2.24, 2.45) is 5.41 Å². The largest absolute Gasteiger partial charge is 0.303 e. The van der Waals surface area contributed by atoms with E-state index in [0.717, 1.165) is 13.0 Å². The first kappa shape index (κ1) is 14.7. The molecule has 1 aliphatic carbocycles. The van der Waals surface area contributed by atoms with Gasteiger partial charge in [-0.25, -0.2) is 4.98 Å². The minimum Gasteiger partial charge on any atom is -0.303 e. The highest BCUT2D eigenvalue weighted by Crippen LogP contribution is 2.43. The molecule has 1 aromatic carbocycles. The van der Waals surface area contributed by atoms with Crippen molar-refractivity contribution in [3.05, 3.63) is 51.5 Å². The molecule has 112 valence electrons. The highest BCUT2D eigenvalue weighted by Gasteiger charge is 2.35. The monoisotopic (exact) mass is 300 g/mol. The average molecular weight is 300 g/mol. The number of nitrogens with zero attached hydrogens (tertiary/aromatic N) is 1. The Morgan fingerprint density at radius 1 is 1.33 bits per heavy atom. The first-order valence-electron chi connectivity index (χ1n) is 7.85.